The molecule has 2 rings (SSSR count). The Morgan fingerprint density at radius 3 is 1.77 bits per heavy atom. The van der Waals surface area contributed by atoms with Crippen molar-refractivity contribution < 1.29 is 4.57 Å². The van der Waals surface area contributed by atoms with Gasteiger partial charge >= 0.3 is 17.1 Å². The van der Waals surface area contributed by atoms with Gasteiger partial charge < -0.3 is 4.57 Å². The zero-order valence-corrected chi connectivity index (χ0v) is 15.7. The number of allylic oxidation sites excluding steroid dienone is 2. The summed E-state index contributed by atoms with van der Waals surface area (Å²) in [6.07, 6.45) is 2.34. The van der Waals surface area contributed by atoms with Gasteiger partial charge in [-0.3, -0.25) is 0 Å². The van der Waals surface area contributed by atoms with Crippen LogP contribution >= 0.6 is 18.7 Å². The molecule has 0 spiro atoms. The van der Waals surface area contributed by atoms with Crippen LogP contribution in [0.5, 0.6) is 0 Å². The molecule has 0 bridgehead atoms. The summed E-state index contributed by atoms with van der Waals surface area (Å²) < 4.78 is 15.8. The molecule has 138 valence electrons. The first-order valence-corrected chi connectivity index (χ1v) is 10.4. The van der Waals surface area contributed by atoms with Crippen LogP contribution in [0.3, 0.4) is 0 Å². The molecule has 1 aromatic heterocycles. The summed E-state index contributed by atoms with van der Waals surface area (Å²) in [7, 11) is -3.27. The Labute approximate surface area is 154 Å². The maximum absolute atomic E-state index is 13.3. The highest BCUT2D eigenvalue weighted by Gasteiger charge is 2.27. The molecule has 2 aromatic rings. The van der Waals surface area contributed by atoms with E-state index in [2.05, 4.69) is 13.2 Å². The summed E-state index contributed by atoms with van der Waals surface area (Å²) in [6, 6.07) is 8.43. The maximum Gasteiger partial charge on any atom is 0.337 e. The SMILES string of the molecule is C=CCn1c(=O)n(CC=C)c(=O)n(C[P@@](=O)(CCl)c2ccccc2)c1=O. The zero-order chi connectivity index (χ0) is 19.3. The Bertz CT molecular complexity index is 988. The van der Waals surface area contributed by atoms with Crippen LogP contribution in [0.2, 0.25) is 0 Å². The topological polar surface area (TPSA) is 83.1 Å². The molecule has 0 unspecified atom stereocenters. The summed E-state index contributed by atoms with van der Waals surface area (Å²) >= 11 is 5.94. The monoisotopic (exact) mass is 395 g/mol. The number of nitrogens with zero attached hydrogens (tertiary/aromatic N) is 3. The summed E-state index contributed by atoms with van der Waals surface area (Å²) in [6.45, 7) is 6.87. The van der Waals surface area contributed by atoms with Crippen molar-refractivity contribution in [2.45, 2.75) is 19.4 Å². The van der Waals surface area contributed by atoms with Crippen LogP contribution < -0.4 is 22.4 Å². The van der Waals surface area contributed by atoms with Crippen LogP contribution in [-0.4, -0.2) is 19.3 Å². The van der Waals surface area contributed by atoms with Gasteiger partial charge in [0.05, 0.1) is 25.0 Å². The molecule has 26 heavy (non-hydrogen) atoms. The highest BCUT2D eigenvalue weighted by molar-refractivity contribution is 7.72. The third-order valence-corrected chi connectivity index (χ3v) is 7.32. The van der Waals surface area contributed by atoms with E-state index in [1.165, 1.54) is 12.2 Å². The minimum atomic E-state index is -3.27. The van der Waals surface area contributed by atoms with Crippen molar-refractivity contribution in [1.82, 2.24) is 13.7 Å². The molecule has 0 saturated heterocycles. The van der Waals surface area contributed by atoms with Crippen molar-refractivity contribution in [3.05, 3.63) is 87.1 Å². The fourth-order valence-corrected chi connectivity index (χ4v) is 4.92. The number of benzene rings is 1. The molecule has 1 aromatic carbocycles. The van der Waals surface area contributed by atoms with E-state index >= 15 is 0 Å². The third kappa shape index (κ3) is 3.74. The van der Waals surface area contributed by atoms with E-state index in [1.807, 2.05) is 0 Å². The van der Waals surface area contributed by atoms with E-state index in [9.17, 15) is 18.9 Å². The third-order valence-electron chi connectivity index (χ3n) is 3.80. The number of aromatic nitrogens is 3. The highest BCUT2D eigenvalue weighted by atomic mass is 35.5. The Kier molecular flexibility index (Phi) is 6.40. The van der Waals surface area contributed by atoms with Gasteiger partial charge in [-0.15, -0.1) is 24.8 Å². The normalized spacial score (nSPS) is 13.1. The van der Waals surface area contributed by atoms with Gasteiger partial charge in [-0.25, -0.2) is 28.1 Å². The molecule has 0 saturated carbocycles. The zero-order valence-electron chi connectivity index (χ0n) is 14.1. The first-order valence-electron chi connectivity index (χ1n) is 7.75. The minimum absolute atomic E-state index is 0.0778. The van der Waals surface area contributed by atoms with E-state index < -0.39 is 30.5 Å². The number of rotatable bonds is 8. The number of hydrogen-bond acceptors (Lipinski definition) is 4. The molecular formula is C17H19ClN3O4P. The van der Waals surface area contributed by atoms with Crippen molar-refractivity contribution in [1.29, 1.82) is 0 Å². The average molecular weight is 396 g/mol. The summed E-state index contributed by atoms with van der Waals surface area (Å²) in [5, 5.41) is 0.457. The molecule has 0 aliphatic rings. The second-order valence-electron chi connectivity index (χ2n) is 5.56. The highest BCUT2D eigenvalue weighted by Crippen LogP contribution is 2.46. The number of alkyl halides is 1. The molecule has 0 N–H and O–H groups in total. The number of halogens is 1. The molecule has 0 radical (unpaired) electrons. The molecule has 0 aliphatic heterocycles. The average Bonchev–Trinajstić information content (AvgIpc) is 2.66. The Morgan fingerprint density at radius 2 is 1.35 bits per heavy atom. The molecule has 1 atom stereocenters. The molecule has 9 heteroatoms. The largest absolute Gasteiger partial charge is 0.337 e. The fourth-order valence-electron chi connectivity index (χ4n) is 2.49. The van der Waals surface area contributed by atoms with Crippen LogP contribution in [0.25, 0.3) is 0 Å². The van der Waals surface area contributed by atoms with Gasteiger partial charge in [0.2, 0.25) is 0 Å². The minimum Gasteiger partial charge on any atom is -0.316 e. The summed E-state index contributed by atoms with van der Waals surface area (Å²) in [5.41, 5.74) is -2.70. The molecule has 0 aliphatic carbocycles. The molecular weight excluding hydrogens is 377 g/mol. The predicted octanol–water partition coefficient (Wildman–Crippen LogP) is 1.39. The van der Waals surface area contributed by atoms with Crippen molar-refractivity contribution in [2.75, 3.05) is 5.62 Å². The Balaban J connectivity index is 2.73. The van der Waals surface area contributed by atoms with Gasteiger partial charge in [0, 0.05) is 5.30 Å². The van der Waals surface area contributed by atoms with Crippen molar-refractivity contribution >= 4 is 24.0 Å². The number of hydrogen-bond donors (Lipinski definition) is 0. The van der Waals surface area contributed by atoms with Gasteiger partial charge in [0.1, 0.15) is 7.14 Å². The lowest BCUT2D eigenvalue weighted by atomic mass is 10.4. The first kappa shape index (κ1) is 19.9. The quantitative estimate of drug-likeness (QED) is 0.384. The van der Waals surface area contributed by atoms with E-state index in [1.54, 1.807) is 30.3 Å². The van der Waals surface area contributed by atoms with Crippen molar-refractivity contribution in [2.24, 2.45) is 0 Å². The van der Waals surface area contributed by atoms with Crippen LogP contribution in [0, 0.1) is 0 Å². The predicted molar refractivity (Wildman–Crippen MR) is 104 cm³/mol. The van der Waals surface area contributed by atoms with Gasteiger partial charge in [-0.1, -0.05) is 42.5 Å². The lowest BCUT2D eigenvalue weighted by Gasteiger charge is -2.18. The van der Waals surface area contributed by atoms with E-state index in [0.29, 0.717) is 5.30 Å². The van der Waals surface area contributed by atoms with E-state index in [-0.39, 0.29) is 18.7 Å². The second-order valence-corrected chi connectivity index (χ2v) is 9.09. The van der Waals surface area contributed by atoms with Crippen LogP contribution in [0.15, 0.2) is 70.0 Å². The lowest BCUT2D eigenvalue weighted by Crippen LogP contribution is -2.54. The molecule has 0 fully saturated rings. The molecule has 0 amide bonds. The Hall–Kier alpha value is -2.37. The lowest BCUT2D eigenvalue weighted by molar-refractivity contribution is 0.502. The van der Waals surface area contributed by atoms with Gasteiger partial charge in [-0.2, -0.15) is 0 Å². The maximum atomic E-state index is 13.3. The van der Waals surface area contributed by atoms with Gasteiger partial charge in [0.25, 0.3) is 0 Å². The smallest absolute Gasteiger partial charge is 0.316 e. The molecule has 1 heterocycles. The van der Waals surface area contributed by atoms with Crippen molar-refractivity contribution in [3.63, 3.8) is 0 Å². The molecule has 7 nitrogen and oxygen atoms in total. The summed E-state index contributed by atoms with van der Waals surface area (Å²) in [4.78, 5) is 37.7. The van der Waals surface area contributed by atoms with E-state index in [0.717, 1.165) is 13.7 Å². The van der Waals surface area contributed by atoms with Crippen LogP contribution in [0.1, 0.15) is 0 Å². The van der Waals surface area contributed by atoms with E-state index in [4.69, 9.17) is 11.6 Å². The van der Waals surface area contributed by atoms with Crippen molar-refractivity contribution in [3.8, 4) is 0 Å². The second kappa shape index (κ2) is 8.34. The Morgan fingerprint density at radius 1 is 0.885 bits per heavy atom. The van der Waals surface area contributed by atoms with Crippen LogP contribution in [0.4, 0.5) is 0 Å². The fraction of sp³-hybridized carbons (Fsp3) is 0.235. The van der Waals surface area contributed by atoms with Gasteiger partial charge in [0.15, 0.2) is 0 Å². The van der Waals surface area contributed by atoms with Gasteiger partial charge in [-0.05, 0) is 0 Å². The van der Waals surface area contributed by atoms with Crippen LogP contribution in [-0.2, 0) is 23.9 Å². The standard InChI is InChI=1S/C17H19ClN3O4P/c1-3-10-19-15(22)20(11-4-2)17(24)21(16(19)23)13-26(25,12-18)14-8-6-5-7-9-14/h3-9H,1-2,10-13H2/t26-/m0/s1. The summed E-state index contributed by atoms with van der Waals surface area (Å²) in [5.74, 6) is 0. The first-order chi connectivity index (χ1) is 12.4.